The van der Waals surface area contributed by atoms with Crippen LogP contribution in [0.5, 0.6) is 11.5 Å². The van der Waals surface area contributed by atoms with E-state index >= 15 is 0 Å². The minimum absolute atomic E-state index is 0.147. The summed E-state index contributed by atoms with van der Waals surface area (Å²) in [5.74, 6) is 0.885. The minimum Gasteiger partial charge on any atom is -0.457 e. The third-order valence-electron chi connectivity index (χ3n) is 3.17. The van der Waals surface area contributed by atoms with Gasteiger partial charge >= 0.3 is 0 Å². The van der Waals surface area contributed by atoms with Gasteiger partial charge in [0, 0.05) is 13.1 Å². The van der Waals surface area contributed by atoms with E-state index in [4.69, 9.17) is 4.74 Å². The van der Waals surface area contributed by atoms with Crippen molar-refractivity contribution < 1.29 is 21.6 Å². The minimum atomic E-state index is -3.51. The van der Waals surface area contributed by atoms with Gasteiger partial charge in [-0.2, -0.15) is 0 Å². The Balaban J connectivity index is 2.13. The summed E-state index contributed by atoms with van der Waals surface area (Å²) in [6.45, 7) is 4.02. The highest BCUT2D eigenvalue weighted by atomic mass is 32.2. The summed E-state index contributed by atoms with van der Waals surface area (Å²) in [5.41, 5.74) is 0. The highest BCUT2D eigenvalue weighted by Gasteiger charge is 2.13. The molecule has 0 aromatic heterocycles. The second kappa shape index (κ2) is 7.96. The Bertz CT molecular complexity index is 829. The zero-order valence-electron chi connectivity index (χ0n) is 13.9. The third kappa shape index (κ3) is 5.02. The van der Waals surface area contributed by atoms with E-state index < -0.39 is 20.0 Å². The molecule has 0 heterocycles. The first-order chi connectivity index (χ1) is 11.8. The molecule has 0 aliphatic carbocycles. The number of rotatable bonds is 8. The van der Waals surface area contributed by atoms with Crippen molar-refractivity contribution in [3.8, 4) is 11.5 Å². The van der Waals surface area contributed by atoms with Crippen molar-refractivity contribution in [2.24, 2.45) is 0 Å². The molecule has 0 aliphatic heterocycles. The Morgan fingerprint density at radius 1 is 0.680 bits per heavy atom. The van der Waals surface area contributed by atoms with E-state index in [1.54, 1.807) is 13.8 Å². The second-order valence-electron chi connectivity index (χ2n) is 5.05. The molecule has 7 nitrogen and oxygen atoms in total. The van der Waals surface area contributed by atoms with Gasteiger partial charge in [0.1, 0.15) is 11.5 Å². The number of hydrogen-bond donors (Lipinski definition) is 2. The van der Waals surface area contributed by atoms with Gasteiger partial charge in [0.05, 0.1) is 9.79 Å². The van der Waals surface area contributed by atoms with Crippen molar-refractivity contribution in [1.29, 1.82) is 0 Å². The first-order valence-electron chi connectivity index (χ1n) is 7.66. The lowest BCUT2D eigenvalue weighted by molar-refractivity contribution is 0.481. The molecule has 0 spiro atoms. The molecule has 2 rings (SSSR count). The van der Waals surface area contributed by atoms with Crippen molar-refractivity contribution in [2.45, 2.75) is 23.6 Å². The molecule has 0 saturated carbocycles. The van der Waals surface area contributed by atoms with E-state index in [0.717, 1.165) is 0 Å². The fourth-order valence-corrected chi connectivity index (χ4v) is 4.14. The fourth-order valence-electron chi connectivity index (χ4n) is 2.06. The average molecular weight is 384 g/mol. The van der Waals surface area contributed by atoms with Gasteiger partial charge in [0.25, 0.3) is 0 Å². The van der Waals surface area contributed by atoms with E-state index in [1.165, 1.54) is 48.5 Å². The summed E-state index contributed by atoms with van der Waals surface area (Å²) in [6.07, 6.45) is 0. The van der Waals surface area contributed by atoms with Crippen LogP contribution in [-0.2, 0) is 20.0 Å². The summed E-state index contributed by atoms with van der Waals surface area (Å²) in [5, 5.41) is 0. The predicted octanol–water partition coefficient (Wildman–Crippen LogP) is 2.08. The molecule has 136 valence electrons. The third-order valence-corrected chi connectivity index (χ3v) is 6.30. The molecule has 0 radical (unpaired) electrons. The second-order valence-corrected chi connectivity index (χ2v) is 8.58. The van der Waals surface area contributed by atoms with Gasteiger partial charge in [-0.1, -0.05) is 13.8 Å². The van der Waals surface area contributed by atoms with Crippen LogP contribution in [0.25, 0.3) is 0 Å². The molecule has 0 fully saturated rings. The first kappa shape index (κ1) is 19.4. The highest BCUT2D eigenvalue weighted by molar-refractivity contribution is 7.89. The number of benzene rings is 2. The van der Waals surface area contributed by atoms with Gasteiger partial charge in [-0.05, 0) is 48.5 Å². The van der Waals surface area contributed by atoms with Gasteiger partial charge in [-0.3, -0.25) is 0 Å². The maximum atomic E-state index is 11.9. The number of nitrogens with one attached hydrogen (secondary N) is 2. The van der Waals surface area contributed by atoms with Crippen molar-refractivity contribution in [2.75, 3.05) is 13.1 Å². The van der Waals surface area contributed by atoms with Crippen LogP contribution in [0.1, 0.15) is 13.8 Å². The Hall–Kier alpha value is -1.94. The van der Waals surface area contributed by atoms with E-state index in [0.29, 0.717) is 24.6 Å². The maximum Gasteiger partial charge on any atom is 0.240 e. The molecule has 0 bridgehead atoms. The van der Waals surface area contributed by atoms with E-state index in [1.807, 2.05) is 0 Å². The molecule has 0 saturated heterocycles. The van der Waals surface area contributed by atoms with Crippen LogP contribution in [0.2, 0.25) is 0 Å². The molecule has 25 heavy (non-hydrogen) atoms. The summed E-state index contributed by atoms with van der Waals surface area (Å²) >= 11 is 0. The smallest absolute Gasteiger partial charge is 0.240 e. The van der Waals surface area contributed by atoms with Gasteiger partial charge in [-0.25, -0.2) is 26.3 Å². The fraction of sp³-hybridized carbons (Fsp3) is 0.250. The van der Waals surface area contributed by atoms with Crippen LogP contribution in [-0.4, -0.2) is 29.9 Å². The Morgan fingerprint density at radius 2 is 1.00 bits per heavy atom. The van der Waals surface area contributed by atoms with Gasteiger partial charge < -0.3 is 4.74 Å². The summed E-state index contributed by atoms with van der Waals surface area (Å²) in [4.78, 5) is 0.294. The molecular weight excluding hydrogens is 364 g/mol. The SMILES string of the molecule is CCNS(=O)(=O)c1ccc(Oc2ccc(S(=O)(=O)NCC)cc2)cc1. The molecule has 2 aromatic rings. The van der Waals surface area contributed by atoms with E-state index in [9.17, 15) is 16.8 Å². The number of ether oxygens (including phenoxy) is 1. The van der Waals surface area contributed by atoms with Crippen molar-refractivity contribution >= 4 is 20.0 Å². The summed E-state index contributed by atoms with van der Waals surface area (Å²) in [6, 6.07) is 11.9. The quantitative estimate of drug-likeness (QED) is 0.725. The molecule has 0 atom stereocenters. The predicted molar refractivity (Wildman–Crippen MR) is 94.7 cm³/mol. The average Bonchev–Trinajstić information content (AvgIpc) is 2.56. The lowest BCUT2D eigenvalue weighted by atomic mass is 10.3. The van der Waals surface area contributed by atoms with Crippen LogP contribution >= 0.6 is 0 Å². The Kier molecular flexibility index (Phi) is 6.17. The zero-order chi connectivity index (χ0) is 18.5. The Morgan fingerprint density at radius 3 is 1.28 bits per heavy atom. The lowest BCUT2D eigenvalue weighted by Gasteiger charge is -2.09. The molecule has 0 aliphatic rings. The molecule has 2 aromatic carbocycles. The molecule has 2 N–H and O–H groups in total. The highest BCUT2D eigenvalue weighted by Crippen LogP contribution is 2.24. The normalized spacial score (nSPS) is 12.1. The van der Waals surface area contributed by atoms with Gasteiger partial charge in [0.15, 0.2) is 0 Å². The largest absolute Gasteiger partial charge is 0.457 e. The molecular formula is C16H20N2O5S2. The lowest BCUT2D eigenvalue weighted by Crippen LogP contribution is -2.23. The first-order valence-corrected chi connectivity index (χ1v) is 10.6. The summed E-state index contributed by atoms with van der Waals surface area (Å²) in [7, 11) is -7.01. The van der Waals surface area contributed by atoms with Crippen molar-refractivity contribution in [3.05, 3.63) is 48.5 Å². The Labute approximate surface area is 148 Å². The summed E-state index contributed by atoms with van der Waals surface area (Å²) < 4.78 is 57.9. The van der Waals surface area contributed by atoms with Crippen LogP contribution in [0.4, 0.5) is 0 Å². The standard InChI is InChI=1S/C16H20N2O5S2/c1-3-17-24(19,20)15-9-5-13(6-10-15)23-14-7-11-16(12-8-14)25(21,22)18-4-2/h5-12,17-18H,3-4H2,1-2H3. The van der Waals surface area contributed by atoms with Crippen LogP contribution in [0, 0.1) is 0 Å². The van der Waals surface area contributed by atoms with Crippen molar-refractivity contribution in [3.63, 3.8) is 0 Å². The maximum absolute atomic E-state index is 11.9. The molecule has 0 amide bonds. The monoisotopic (exact) mass is 384 g/mol. The zero-order valence-corrected chi connectivity index (χ0v) is 15.5. The van der Waals surface area contributed by atoms with E-state index in [-0.39, 0.29) is 9.79 Å². The van der Waals surface area contributed by atoms with Crippen LogP contribution in [0.3, 0.4) is 0 Å². The van der Waals surface area contributed by atoms with Gasteiger partial charge in [-0.15, -0.1) is 0 Å². The molecule has 9 heteroatoms. The molecule has 0 unspecified atom stereocenters. The van der Waals surface area contributed by atoms with E-state index in [2.05, 4.69) is 9.44 Å². The van der Waals surface area contributed by atoms with Gasteiger partial charge in [0.2, 0.25) is 20.0 Å². The number of hydrogen-bond acceptors (Lipinski definition) is 5. The number of sulfonamides is 2. The van der Waals surface area contributed by atoms with Crippen LogP contribution < -0.4 is 14.2 Å². The van der Waals surface area contributed by atoms with Crippen molar-refractivity contribution in [1.82, 2.24) is 9.44 Å². The van der Waals surface area contributed by atoms with Crippen LogP contribution in [0.15, 0.2) is 58.3 Å². The topological polar surface area (TPSA) is 102 Å².